The van der Waals surface area contributed by atoms with Crippen molar-refractivity contribution in [3.05, 3.63) is 29.0 Å². The highest BCUT2D eigenvalue weighted by molar-refractivity contribution is 6.16. The Labute approximate surface area is 125 Å². The number of H-pyrrole nitrogens is 1. The Kier molecular flexibility index (Phi) is 3.30. The molecule has 0 atom stereocenters. The molecule has 0 radical (unpaired) electrons. The number of carbonyl (C=O) groups is 2. The third-order valence-electron chi connectivity index (χ3n) is 3.35. The van der Waals surface area contributed by atoms with E-state index in [1.54, 1.807) is 12.3 Å². The van der Waals surface area contributed by atoms with Crippen LogP contribution in [0.2, 0.25) is 0 Å². The molecule has 3 rings (SSSR count). The summed E-state index contributed by atoms with van der Waals surface area (Å²) in [6, 6.07) is 3.18. The maximum Gasteiger partial charge on any atom is 0.409 e. The Morgan fingerprint density at radius 3 is 2.86 bits per heavy atom. The second-order valence-corrected chi connectivity index (χ2v) is 5.33. The molecule has 1 aliphatic rings. The molecule has 0 fully saturated rings. The molecule has 22 heavy (non-hydrogen) atoms. The lowest BCUT2D eigenvalue weighted by Crippen LogP contribution is -2.17. The summed E-state index contributed by atoms with van der Waals surface area (Å²) in [5.41, 5.74) is 5.58. The number of hydrogen-bond donors (Lipinski definition) is 4. The van der Waals surface area contributed by atoms with Gasteiger partial charge in [-0.2, -0.15) is 5.10 Å². The van der Waals surface area contributed by atoms with Crippen LogP contribution in [0, 0.1) is 0 Å². The van der Waals surface area contributed by atoms with Gasteiger partial charge in [-0.05, 0) is 26.2 Å². The molecule has 8 heteroatoms. The minimum absolute atomic E-state index is 0.330. The molecule has 114 valence electrons. The third kappa shape index (κ3) is 2.40. The molecule has 1 aromatic heterocycles. The molecule has 0 unspecified atom stereocenters. The maximum absolute atomic E-state index is 12.1. The first-order valence-corrected chi connectivity index (χ1v) is 6.62. The van der Waals surface area contributed by atoms with Crippen LogP contribution in [-0.4, -0.2) is 47.3 Å². The van der Waals surface area contributed by atoms with Crippen LogP contribution in [0.3, 0.4) is 0 Å². The number of rotatable bonds is 3. The van der Waals surface area contributed by atoms with E-state index in [0.29, 0.717) is 23.3 Å². The van der Waals surface area contributed by atoms with Crippen molar-refractivity contribution in [2.24, 2.45) is 5.10 Å². The number of aromatic amines is 1. The van der Waals surface area contributed by atoms with E-state index < -0.39 is 6.09 Å². The largest absolute Gasteiger partial charge is 0.465 e. The van der Waals surface area contributed by atoms with Gasteiger partial charge in [-0.15, -0.1) is 0 Å². The van der Waals surface area contributed by atoms with Crippen LogP contribution in [0.15, 0.2) is 17.2 Å². The lowest BCUT2D eigenvalue weighted by atomic mass is 10.0. The lowest BCUT2D eigenvalue weighted by molar-refractivity contribution is 0.0957. The quantitative estimate of drug-likeness (QED) is 0.686. The minimum Gasteiger partial charge on any atom is -0.465 e. The summed E-state index contributed by atoms with van der Waals surface area (Å²) in [6.45, 7) is 0.644. The van der Waals surface area contributed by atoms with Crippen LogP contribution in [0.4, 0.5) is 10.5 Å². The van der Waals surface area contributed by atoms with E-state index in [9.17, 15) is 9.59 Å². The summed E-state index contributed by atoms with van der Waals surface area (Å²) in [5.74, 6) is -0.371. The summed E-state index contributed by atoms with van der Waals surface area (Å²) < 4.78 is 0. The Bertz CT molecular complexity index is 806. The van der Waals surface area contributed by atoms with Crippen LogP contribution < -0.4 is 10.7 Å². The first-order chi connectivity index (χ1) is 10.5. The number of amides is 2. The summed E-state index contributed by atoms with van der Waals surface area (Å²) in [6.07, 6.45) is 0.424. The molecular weight excluding hydrogens is 286 g/mol. The highest BCUT2D eigenvalue weighted by atomic mass is 16.4. The van der Waals surface area contributed by atoms with Gasteiger partial charge < -0.3 is 15.0 Å². The zero-order valence-corrected chi connectivity index (χ0v) is 12.1. The van der Waals surface area contributed by atoms with E-state index in [-0.39, 0.29) is 5.91 Å². The molecule has 0 saturated carbocycles. The molecule has 1 aliphatic heterocycles. The fraction of sp³-hybridized carbons (Fsp3) is 0.214. The number of aromatic nitrogens is 1. The predicted octanol–water partition coefficient (Wildman–Crippen LogP) is 1.40. The van der Waals surface area contributed by atoms with Crippen molar-refractivity contribution in [3.63, 3.8) is 0 Å². The summed E-state index contributed by atoms with van der Waals surface area (Å²) in [5, 5.41) is 15.8. The van der Waals surface area contributed by atoms with Crippen molar-refractivity contribution in [3.8, 4) is 0 Å². The van der Waals surface area contributed by atoms with Gasteiger partial charge in [0.1, 0.15) is 0 Å². The van der Waals surface area contributed by atoms with Gasteiger partial charge >= 0.3 is 6.09 Å². The monoisotopic (exact) mass is 301 g/mol. The summed E-state index contributed by atoms with van der Waals surface area (Å²) >= 11 is 0. The van der Waals surface area contributed by atoms with E-state index in [2.05, 4.69) is 20.8 Å². The van der Waals surface area contributed by atoms with Crippen molar-refractivity contribution in [1.29, 1.82) is 0 Å². The van der Waals surface area contributed by atoms with Gasteiger partial charge in [0.2, 0.25) is 0 Å². The molecule has 0 spiro atoms. The number of anilines is 1. The average molecular weight is 301 g/mol. The van der Waals surface area contributed by atoms with Crippen LogP contribution in [0.25, 0.3) is 10.9 Å². The molecule has 0 saturated heterocycles. The van der Waals surface area contributed by atoms with Gasteiger partial charge in [0.05, 0.1) is 11.8 Å². The molecule has 0 aliphatic carbocycles. The van der Waals surface area contributed by atoms with Crippen LogP contribution in [0.1, 0.15) is 21.6 Å². The normalized spacial score (nSPS) is 13.3. The number of carbonyl (C=O) groups excluding carboxylic acids is 1. The Balaban J connectivity index is 2.25. The van der Waals surface area contributed by atoms with Crippen molar-refractivity contribution >= 4 is 34.8 Å². The van der Waals surface area contributed by atoms with Gasteiger partial charge in [0, 0.05) is 34.4 Å². The SMILES string of the molecule is CN(C)Cc1[nH]c2cc(NC(=O)O)cc3c2c1C=NNC3=O. The zero-order chi connectivity index (χ0) is 15.9. The smallest absolute Gasteiger partial charge is 0.409 e. The average Bonchev–Trinajstić information content (AvgIpc) is 2.63. The van der Waals surface area contributed by atoms with E-state index in [1.807, 2.05) is 19.0 Å². The predicted molar refractivity (Wildman–Crippen MR) is 82.4 cm³/mol. The fourth-order valence-corrected chi connectivity index (χ4v) is 2.59. The van der Waals surface area contributed by atoms with Gasteiger partial charge in [-0.1, -0.05) is 0 Å². The third-order valence-corrected chi connectivity index (χ3v) is 3.35. The maximum atomic E-state index is 12.1. The molecule has 8 nitrogen and oxygen atoms in total. The lowest BCUT2D eigenvalue weighted by Gasteiger charge is -2.08. The van der Waals surface area contributed by atoms with E-state index in [1.165, 1.54) is 6.07 Å². The van der Waals surface area contributed by atoms with Crippen molar-refractivity contribution in [1.82, 2.24) is 15.3 Å². The van der Waals surface area contributed by atoms with Gasteiger partial charge in [-0.25, -0.2) is 10.2 Å². The van der Waals surface area contributed by atoms with Crippen molar-refractivity contribution < 1.29 is 14.7 Å². The molecular formula is C14H15N5O3. The van der Waals surface area contributed by atoms with E-state index in [4.69, 9.17) is 5.11 Å². The minimum atomic E-state index is -1.18. The van der Waals surface area contributed by atoms with Crippen LogP contribution in [-0.2, 0) is 6.54 Å². The van der Waals surface area contributed by atoms with Gasteiger partial charge in [0.15, 0.2) is 0 Å². The van der Waals surface area contributed by atoms with E-state index in [0.717, 1.165) is 16.6 Å². The second kappa shape index (κ2) is 5.15. The van der Waals surface area contributed by atoms with Crippen LogP contribution >= 0.6 is 0 Å². The molecule has 1 aromatic carbocycles. The highest BCUT2D eigenvalue weighted by Gasteiger charge is 2.21. The topological polar surface area (TPSA) is 110 Å². The second-order valence-electron chi connectivity index (χ2n) is 5.33. The Hall–Kier alpha value is -2.87. The number of hydrogen-bond acceptors (Lipinski definition) is 4. The highest BCUT2D eigenvalue weighted by Crippen LogP contribution is 2.30. The molecule has 2 aromatic rings. The standard InChI is InChI=1S/C14H15N5O3/c1-19(2)6-11-9-5-15-18-13(20)8-3-7(16-14(21)22)4-10(17-11)12(8)9/h3-5,16-17H,6H2,1-2H3,(H,18,20)(H,21,22). The van der Waals surface area contributed by atoms with Crippen LogP contribution in [0.5, 0.6) is 0 Å². The number of nitrogens with one attached hydrogen (secondary N) is 3. The molecule has 4 N–H and O–H groups in total. The zero-order valence-electron chi connectivity index (χ0n) is 12.1. The number of carboxylic acid groups (broad SMARTS) is 1. The van der Waals surface area contributed by atoms with E-state index >= 15 is 0 Å². The molecule has 2 heterocycles. The van der Waals surface area contributed by atoms with Crippen molar-refractivity contribution in [2.45, 2.75) is 6.54 Å². The summed E-state index contributed by atoms with van der Waals surface area (Å²) in [4.78, 5) is 28.2. The summed E-state index contributed by atoms with van der Waals surface area (Å²) in [7, 11) is 3.88. The number of nitrogens with zero attached hydrogens (tertiary/aromatic N) is 2. The number of benzene rings is 1. The Morgan fingerprint density at radius 1 is 1.41 bits per heavy atom. The van der Waals surface area contributed by atoms with Crippen molar-refractivity contribution in [2.75, 3.05) is 19.4 Å². The Morgan fingerprint density at radius 2 is 2.18 bits per heavy atom. The fourth-order valence-electron chi connectivity index (χ4n) is 2.59. The van der Waals surface area contributed by atoms with Gasteiger partial charge in [-0.3, -0.25) is 10.1 Å². The first kappa shape index (κ1) is 14.1. The molecule has 0 bridgehead atoms. The first-order valence-electron chi connectivity index (χ1n) is 6.62. The van der Waals surface area contributed by atoms with Gasteiger partial charge in [0.25, 0.3) is 5.91 Å². The molecule has 2 amide bonds. The number of hydrazone groups is 1.